The van der Waals surface area contributed by atoms with E-state index < -0.39 is 12.0 Å². The van der Waals surface area contributed by atoms with Crippen LogP contribution in [0.1, 0.15) is 28.9 Å². The molecule has 0 bridgehead atoms. The number of benzene rings is 2. The van der Waals surface area contributed by atoms with E-state index in [9.17, 15) is 9.59 Å². The Labute approximate surface area is 166 Å². The highest BCUT2D eigenvalue weighted by Gasteiger charge is 2.23. The van der Waals surface area contributed by atoms with Crippen LogP contribution in [0.3, 0.4) is 0 Å². The highest BCUT2D eigenvalue weighted by molar-refractivity contribution is 5.97. The lowest BCUT2D eigenvalue weighted by Gasteiger charge is -2.21. The van der Waals surface area contributed by atoms with Crippen LogP contribution in [0.2, 0.25) is 0 Å². The van der Waals surface area contributed by atoms with Crippen molar-refractivity contribution in [3.63, 3.8) is 0 Å². The Kier molecular flexibility index (Phi) is 8.28. The zero-order valence-corrected chi connectivity index (χ0v) is 16.7. The summed E-state index contributed by atoms with van der Waals surface area (Å²) < 4.78 is 5.32. The highest BCUT2D eigenvalue weighted by Crippen LogP contribution is 2.28. The summed E-state index contributed by atoms with van der Waals surface area (Å²) in [5, 5.41) is 2.84. The average molecular weight is 392 g/mol. The van der Waals surface area contributed by atoms with E-state index in [1.807, 2.05) is 30.3 Å². The molecule has 0 saturated carbocycles. The molecule has 0 radical (unpaired) electrons. The third-order valence-electron chi connectivity index (χ3n) is 4.25. The van der Waals surface area contributed by atoms with Crippen molar-refractivity contribution in [2.45, 2.75) is 13.0 Å². The SMILES string of the molecule is COc1cc(C(=O)N(C)C)ccc1NC(=O)C(C)C(N)c1ccccc1.Cl. The zero-order valence-electron chi connectivity index (χ0n) is 15.9. The molecule has 2 aromatic carbocycles. The fourth-order valence-electron chi connectivity index (χ4n) is 2.56. The second kappa shape index (κ2) is 9.94. The fourth-order valence-corrected chi connectivity index (χ4v) is 2.56. The topological polar surface area (TPSA) is 84.7 Å². The van der Waals surface area contributed by atoms with E-state index in [1.165, 1.54) is 12.0 Å². The number of rotatable bonds is 6. The fraction of sp³-hybridized carbons (Fsp3) is 0.300. The lowest BCUT2D eigenvalue weighted by molar-refractivity contribution is -0.120. The number of ether oxygens (including phenoxy) is 1. The number of halogens is 1. The molecule has 7 heteroatoms. The van der Waals surface area contributed by atoms with Crippen LogP contribution in [-0.2, 0) is 4.79 Å². The summed E-state index contributed by atoms with van der Waals surface area (Å²) in [7, 11) is 4.85. The number of nitrogens with zero attached hydrogens (tertiary/aromatic N) is 1. The minimum Gasteiger partial charge on any atom is -0.495 e. The number of anilines is 1. The number of methoxy groups -OCH3 is 1. The van der Waals surface area contributed by atoms with Crippen LogP contribution in [0, 0.1) is 5.92 Å². The molecule has 2 atom stereocenters. The predicted octanol–water partition coefficient (Wildman–Crippen LogP) is 3.09. The summed E-state index contributed by atoms with van der Waals surface area (Å²) in [6.07, 6.45) is 0. The molecule has 3 N–H and O–H groups in total. The first-order valence-electron chi connectivity index (χ1n) is 8.36. The van der Waals surface area contributed by atoms with Gasteiger partial charge in [0.15, 0.2) is 0 Å². The largest absolute Gasteiger partial charge is 0.495 e. The molecule has 0 spiro atoms. The molecule has 0 fully saturated rings. The number of nitrogens with two attached hydrogens (primary N) is 1. The van der Waals surface area contributed by atoms with Crippen LogP contribution in [0.15, 0.2) is 48.5 Å². The van der Waals surface area contributed by atoms with E-state index in [-0.39, 0.29) is 24.2 Å². The number of carbonyl (C=O) groups excluding carboxylic acids is 2. The van der Waals surface area contributed by atoms with Gasteiger partial charge >= 0.3 is 0 Å². The Balaban J connectivity index is 0.00000364. The highest BCUT2D eigenvalue weighted by atomic mass is 35.5. The van der Waals surface area contributed by atoms with Crippen LogP contribution in [-0.4, -0.2) is 37.9 Å². The summed E-state index contributed by atoms with van der Waals surface area (Å²) in [6, 6.07) is 14.0. The van der Waals surface area contributed by atoms with Crippen molar-refractivity contribution in [3.8, 4) is 5.75 Å². The Morgan fingerprint density at radius 1 is 1.11 bits per heavy atom. The number of amides is 2. The van der Waals surface area contributed by atoms with E-state index in [4.69, 9.17) is 10.5 Å². The van der Waals surface area contributed by atoms with Gasteiger partial charge in [0, 0.05) is 25.7 Å². The van der Waals surface area contributed by atoms with Gasteiger partial charge in [-0.05, 0) is 23.8 Å². The first-order chi connectivity index (χ1) is 12.3. The van der Waals surface area contributed by atoms with Gasteiger partial charge < -0.3 is 20.7 Å². The number of hydrogen-bond donors (Lipinski definition) is 2. The van der Waals surface area contributed by atoms with Crippen LogP contribution in [0.4, 0.5) is 5.69 Å². The van der Waals surface area contributed by atoms with Crippen LogP contribution in [0.5, 0.6) is 5.75 Å². The van der Waals surface area contributed by atoms with E-state index in [0.29, 0.717) is 17.0 Å². The summed E-state index contributed by atoms with van der Waals surface area (Å²) in [6.45, 7) is 1.78. The van der Waals surface area contributed by atoms with Gasteiger partial charge in [-0.25, -0.2) is 0 Å². The first kappa shape index (κ1) is 22.5. The van der Waals surface area contributed by atoms with E-state index in [2.05, 4.69) is 5.32 Å². The molecular weight excluding hydrogens is 366 g/mol. The van der Waals surface area contributed by atoms with Crippen LogP contribution in [0.25, 0.3) is 0 Å². The van der Waals surface area contributed by atoms with E-state index in [1.54, 1.807) is 39.2 Å². The molecule has 146 valence electrons. The maximum absolute atomic E-state index is 12.6. The second-order valence-corrected chi connectivity index (χ2v) is 6.33. The van der Waals surface area contributed by atoms with Crippen molar-refractivity contribution in [2.24, 2.45) is 11.7 Å². The van der Waals surface area contributed by atoms with E-state index in [0.717, 1.165) is 5.56 Å². The quantitative estimate of drug-likeness (QED) is 0.792. The number of carbonyl (C=O) groups is 2. The van der Waals surface area contributed by atoms with Gasteiger partial charge in [0.25, 0.3) is 5.91 Å². The van der Waals surface area contributed by atoms with Gasteiger partial charge in [0.05, 0.1) is 18.7 Å². The number of nitrogens with one attached hydrogen (secondary N) is 1. The Hall–Kier alpha value is -2.57. The number of hydrogen-bond acceptors (Lipinski definition) is 4. The van der Waals surface area contributed by atoms with Crippen molar-refractivity contribution in [3.05, 3.63) is 59.7 Å². The standard InChI is InChI=1S/C20H25N3O3.ClH/c1-13(18(21)14-8-6-5-7-9-14)19(24)22-16-11-10-15(12-17(16)26-4)20(25)23(2)3;/h5-13,18H,21H2,1-4H3,(H,22,24);1H. The molecule has 0 aromatic heterocycles. The van der Waals surface area contributed by atoms with Crippen molar-refractivity contribution < 1.29 is 14.3 Å². The van der Waals surface area contributed by atoms with Crippen LogP contribution >= 0.6 is 12.4 Å². The lowest BCUT2D eigenvalue weighted by atomic mass is 9.94. The summed E-state index contributed by atoms with van der Waals surface area (Å²) in [4.78, 5) is 26.1. The normalized spacial score (nSPS) is 12.3. The van der Waals surface area contributed by atoms with Crippen LogP contribution < -0.4 is 15.8 Å². The summed E-state index contributed by atoms with van der Waals surface area (Å²) >= 11 is 0. The smallest absolute Gasteiger partial charge is 0.253 e. The first-order valence-corrected chi connectivity index (χ1v) is 8.36. The van der Waals surface area contributed by atoms with Gasteiger partial charge in [-0.15, -0.1) is 12.4 Å². The molecule has 2 amide bonds. The monoisotopic (exact) mass is 391 g/mol. The molecule has 0 aliphatic rings. The molecule has 2 unspecified atom stereocenters. The average Bonchev–Trinajstić information content (AvgIpc) is 2.66. The molecular formula is C20H26ClN3O3. The maximum Gasteiger partial charge on any atom is 0.253 e. The van der Waals surface area contributed by atoms with Gasteiger partial charge in [-0.1, -0.05) is 37.3 Å². The minimum atomic E-state index is -0.440. The molecule has 27 heavy (non-hydrogen) atoms. The maximum atomic E-state index is 12.6. The van der Waals surface area contributed by atoms with Gasteiger partial charge in [-0.3, -0.25) is 9.59 Å². The predicted molar refractivity (Wildman–Crippen MR) is 109 cm³/mol. The molecule has 2 aromatic rings. The second-order valence-electron chi connectivity index (χ2n) is 6.33. The molecule has 0 saturated heterocycles. The Morgan fingerprint density at radius 3 is 2.30 bits per heavy atom. The van der Waals surface area contributed by atoms with Crippen molar-refractivity contribution >= 4 is 29.9 Å². The lowest BCUT2D eigenvalue weighted by Crippen LogP contribution is -2.30. The van der Waals surface area contributed by atoms with Crippen molar-refractivity contribution in [1.29, 1.82) is 0 Å². The molecule has 0 aliphatic carbocycles. The van der Waals surface area contributed by atoms with Gasteiger partial charge in [0.2, 0.25) is 5.91 Å². The summed E-state index contributed by atoms with van der Waals surface area (Å²) in [5.74, 6) is -0.372. The minimum absolute atomic E-state index is 0. The third-order valence-corrected chi connectivity index (χ3v) is 4.25. The molecule has 0 heterocycles. The molecule has 0 aliphatic heterocycles. The molecule has 6 nitrogen and oxygen atoms in total. The third kappa shape index (κ3) is 5.45. The summed E-state index contributed by atoms with van der Waals surface area (Å²) in [5.41, 5.74) is 8.10. The Morgan fingerprint density at radius 2 is 1.74 bits per heavy atom. The van der Waals surface area contributed by atoms with E-state index >= 15 is 0 Å². The zero-order chi connectivity index (χ0) is 19.3. The van der Waals surface area contributed by atoms with Gasteiger partial charge in [0.1, 0.15) is 5.75 Å². The van der Waals surface area contributed by atoms with Crippen molar-refractivity contribution in [1.82, 2.24) is 4.90 Å². The molecule has 2 rings (SSSR count). The van der Waals surface area contributed by atoms with Crippen molar-refractivity contribution in [2.75, 3.05) is 26.5 Å². The Bertz CT molecular complexity index is 781. The van der Waals surface area contributed by atoms with Gasteiger partial charge in [-0.2, -0.15) is 0 Å².